The number of rotatable bonds is 5. The van der Waals surface area contributed by atoms with Gasteiger partial charge >= 0.3 is 5.97 Å². The maximum Gasteiger partial charge on any atom is 0.331 e. The van der Waals surface area contributed by atoms with Gasteiger partial charge in [0.15, 0.2) is 5.13 Å². The lowest BCUT2D eigenvalue weighted by Gasteiger charge is -2.27. The molecule has 1 aromatic heterocycles. The molecular weight excluding hydrogens is 292 g/mol. The fourth-order valence-corrected chi connectivity index (χ4v) is 2.76. The lowest BCUT2D eigenvalue weighted by atomic mass is 9.97. The van der Waals surface area contributed by atoms with Gasteiger partial charge in [-0.3, -0.25) is 0 Å². The molecule has 1 rings (SSSR count). The predicted molar refractivity (Wildman–Crippen MR) is 68.8 cm³/mol. The number of nitrogens with one attached hydrogen (secondary N) is 1. The zero-order chi connectivity index (χ0) is 12.2. The van der Waals surface area contributed by atoms with Crippen LogP contribution in [0.3, 0.4) is 0 Å². The molecule has 0 saturated heterocycles. The van der Waals surface area contributed by atoms with Crippen molar-refractivity contribution in [2.45, 2.75) is 32.2 Å². The van der Waals surface area contributed by atoms with Crippen LogP contribution < -0.4 is 5.32 Å². The first-order valence-electron chi connectivity index (χ1n) is 4.99. The highest BCUT2D eigenvalue weighted by Crippen LogP contribution is 2.26. The van der Waals surface area contributed by atoms with Crippen molar-refractivity contribution in [3.63, 3.8) is 0 Å². The minimum absolute atomic E-state index is 0.263. The fraction of sp³-hybridized carbons (Fsp3) is 0.600. The fourth-order valence-electron chi connectivity index (χ4n) is 1.49. The van der Waals surface area contributed by atoms with E-state index in [0.717, 1.165) is 11.0 Å². The summed E-state index contributed by atoms with van der Waals surface area (Å²) in [6.45, 7) is 3.86. The molecule has 0 bridgehead atoms. The Kier molecular flexibility index (Phi) is 4.73. The van der Waals surface area contributed by atoms with E-state index < -0.39 is 5.54 Å². The molecule has 0 aromatic carbocycles. The second-order valence-electron chi connectivity index (χ2n) is 3.67. The standard InChI is InChI=1S/C10H15BrN2O2S/c1-4-5-10(2,8(14)15-3)13-9-12-7(11)6-16-9/h6H,4-5H2,1-3H3,(H,12,13). The van der Waals surface area contributed by atoms with Crippen LogP contribution in [0, 0.1) is 0 Å². The average Bonchev–Trinajstić information content (AvgIpc) is 2.62. The van der Waals surface area contributed by atoms with Gasteiger partial charge in [-0.1, -0.05) is 13.3 Å². The highest BCUT2D eigenvalue weighted by molar-refractivity contribution is 9.10. The third-order valence-electron chi connectivity index (χ3n) is 2.24. The zero-order valence-electron chi connectivity index (χ0n) is 9.54. The second-order valence-corrected chi connectivity index (χ2v) is 5.34. The third-order valence-corrected chi connectivity index (χ3v) is 3.71. The summed E-state index contributed by atoms with van der Waals surface area (Å²) in [5.41, 5.74) is -0.708. The minimum Gasteiger partial charge on any atom is -0.467 e. The SMILES string of the molecule is CCCC(C)(Nc1nc(Br)cs1)C(=O)OC. The van der Waals surface area contributed by atoms with Gasteiger partial charge in [0.05, 0.1) is 7.11 Å². The Hall–Kier alpha value is -0.620. The number of esters is 1. The Labute approximate surface area is 108 Å². The summed E-state index contributed by atoms with van der Waals surface area (Å²) in [6, 6.07) is 0. The van der Waals surface area contributed by atoms with Gasteiger partial charge in [0.2, 0.25) is 0 Å². The lowest BCUT2D eigenvalue weighted by Crippen LogP contribution is -2.44. The van der Waals surface area contributed by atoms with E-state index in [9.17, 15) is 4.79 Å². The van der Waals surface area contributed by atoms with Gasteiger partial charge < -0.3 is 10.1 Å². The molecule has 0 aliphatic heterocycles. The summed E-state index contributed by atoms with van der Waals surface area (Å²) in [4.78, 5) is 15.9. The normalized spacial score (nSPS) is 14.2. The number of thiazole rings is 1. The molecule has 0 spiro atoms. The van der Waals surface area contributed by atoms with Crippen LogP contribution in [0.4, 0.5) is 5.13 Å². The smallest absolute Gasteiger partial charge is 0.331 e. The number of methoxy groups -OCH3 is 1. The topological polar surface area (TPSA) is 51.2 Å². The number of aromatic nitrogens is 1. The molecule has 0 aliphatic rings. The van der Waals surface area contributed by atoms with Gasteiger partial charge in [-0.2, -0.15) is 0 Å². The van der Waals surface area contributed by atoms with Crippen molar-refractivity contribution in [1.82, 2.24) is 4.98 Å². The molecule has 4 nitrogen and oxygen atoms in total. The van der Waals surface area contributed by atoms with Gasteiger partial charge in [-0.05, 0) is 29.3 Å². The van der Waals surface area contributed by atoms with Crippen molar-refractivity contribution in [3.8, 4) is 0 Å². The van der Waals surface area contributed by atoms with Gasteiger partial charge in [0.1, 0.15) is 10.1 Å². The summed E-state index contributed by atoms with van der Waals surface area (Å²) in [6.07, 6.45) is 1.60. The van der Waals surface area contributed by atoms with Gasteiger partial charge in [0.25, 0.3) is 0 Å². The van der Waals surface area contributed by atoms with E-state index in [-0.39, 0.29) is 5.97 Å². The monoisotopic (exact) mass is 306 g/mol. The van der Waals surface area contributed by atoms with Crippen molar-refractivity contribution in [3.05, 3.63) is 9.98 Å². The van der Waals surface area contributed by atoms with E-state index in [2.05, 4.69) is 26.2 Å². The van der Waals surface area contributed by atoms with Crippen molar-refractivity contribution < 1.29 is 9.53 Å². The molecule has 0 saturated carbocycles. The van der Waals surface area contributed by atoms with Crippen molar-refractivity contribution in [2.75, 3.05) is 12.4 Å². The van der Waals surface area contributed by atoms with Gasteiger partial charge in [-0.15, -0.1) is 11.3 Å². The first-order valence-corrected chi connectivity index (χ1v) is 6.66. The van der Waals surface area contributed by atoms with Crippen LogP contribution in [0.1, 0.15) is 26.7 Å². The van der Waals surface area contributed by atoms with E-state index in [1.807, 2.05) is 19.2 Å². The van der Waals surface area contributed by atoms with E-state index >= 15 is 0 Å². The van der Waals surface area contributed by atoms with E-state index in [1.54, 1.807) is 0 Å². The maximum atomic E-state index is 11.7. The maximum absolute atomic E-state index is 11.7. The van der Waals surface area contributed by atoms with Gasteiger partial charge in [-0.25, -0.2) is 9.78 Å². The Morgan fingerprint density at radius 2 is 2.44 bits per heavy atom. The average molecular weight is 307 g/mol. The van der Waals surface area contributed by atoms with Crippen LogP contribution in [0.2, 0.25) is 0 Å². The van der Waals surface area contributed by atoms with Crippen LogP contribution in [0.25, 0.3) is 0 Å². The van der Waals surface area contributed by atoms with E-state index in [4.69, 9.17) is 4.74 Å². The van der Waals surface area contributed by atoms with Gasteiger partial charge in [0, 0.05) is 5.38 Å². The number of halogens is 1. The van der Waals surface area contributed by atoms with Crippen molar-refractivity contribution >= 4 is 38.4 Å². The summed E-state index contributed by atoms with van der Waals surface area (Å²) in [5.74, 6) is -0.263. The Morgan fingerprint density at radius 3 is 2.88 bits per heavy atom. The van der Waals surface area contributed by atoms with Crippen LogP contribution in [0.15, 0.2) is 9.98 Å². The number of ether oxygens (including phenoxy) is 1. The Morgan fingerprint density at radius 1 is 1.75 bits per heavy atom. The molecule has 90 valence electrons. The highest BCUT2D eigenvalue weighted by atomic mass is 79.9. The number of carbonyl (C=O) groups excluding carboxylic acids is 1. The molecule has 16 heavy (non-hydrogen) atoms. The van der Waals surface area contributed by atoms with E-state index in [0.29, 0.717) is 11.6 Å². The first kappa shape index (κ1) is 13.4. The molecule has 0 aliphatic carbocycles. The largest absolute Gasteiger partial charge is 0.467 e. The molecule has 1 N–H and O–H groups in total. The molecule has 0 fully saturated rings. The third kappa shape index (κ3) is 3.18. The van der Waals surface area contributed by atoms with Crippen LogP contribution in [-0.2, 0) is 9.53 Å². The predicted octanol–water partition coefficient (Wildman–Crippen LogP) is 3.05. The summed E-state index contributed by atoms with van der Waals surface area (Å²) in [7, 11) is 1.40. The van der Waals surface area contributed by atoms with E-state index in [1.165, 1.54) is 18.4 Å². The number of hydrogen-bond donors (Lipinski definition) is 1. The molecule has 0 amide bonds. The molecule has 1 atom stereocenters. The van der Waals surface area contributed by atoms with Crippen molar-refractivity contribution in [1.29, 1.82) is 0 Å². The molecule has 0 radical (unpaired) electrons. The molecule has 1 heterocycles. The number of nitrogens with zero attached hydrogens (tertiary/aromatic N) is 1. The number of anilines is 1. The summed E-state index contributed by atoms with van der Waals surface area (Å²) < 4.78 is 5.58. The number of hydrogen-bond acceptors (Lipinski definition) is 5. The number of carbonyl (C=O) groups is 1. The Bertz CT molecular complexity index is 369. The zero-order valence-corrected chi connectivity index (χ0v) is 11.9. The quantitative estimate of drug-likeness (QED) is 0.850. The summed E-state index contributed by atoms with van der Waals surface area (Å²) >= 11 is 4.73. The molecule has 1 unspecified atom stereocenters. The van der Waals surface area contributed by atoms with Crippen LogP contribution in [0.5, 0.6) is 0 Å². The minimum atomic E-state index is -0.708. The highest BCUT2D eigenvalue weighted by Gasteiger charge is 2.34. The first-order chi connectivity index (χ1) is 7.51. The summed E-state index contributed by atoms with van der Waals surface area (Å²) in [5, 5.41) is 5.71. The molecule has 1 aromatic rings. The molecule has 6 heteroatoms. The van der Waals surface area contributed by atoms with Crippen molar-refractivity contribution in [2.24, 2.45) is 0 Å². The van der Waals surface area contributed by atoms with Crippen LogP contribution >= 0.6 is 27.3 Å². The van der Waals surface area contributed by atoms with Crippen LogP contribution in [-0.4, -0.2) is 23.6 Å². The molecular formula is C10H15BrN2O2S. The second kappa shape index (κ2) is 5.63. The Balaban J connectivity index is 2.82. The lowest BCUT2D eigenvalue weighted by molar-refractivity contribution is -0.145.